The van der Waals surface area contributed by atoms with E-state index < -0.39 is 5.97 Å². The van der Waals surface area contributed by atoms with Gasteiger partial charge in [-0.25, -0.2) is 0 Å². The van der Waals surface area contributed by atoms with Gasteiger partial charge in [0.25, 0.3) is 0 Å². The van der Waals surface area contributed by atoms with Gasteiger partial charge >= 0.3 is 5.97 Å². The number of hydrogen-bond acceptors (Lipinski definition) is 2. The maximum atomic E-state index is 12.2. The lowest BCUT2D eigenvalue weighted by Crippen LogP contribution is -2.32. The minimum Gasteiger partial charge on any atom is -0.481 e. The maximum Gasteiger partial charge on any atom is 0.305 e. The molecule has 1 aromatic rings. The third-order valence-corrected chi connectivity index (χ3v) is 3.47. The highest BCUT2D eigenvalue weighted by molar-refractivity contribution is 6.31. The molecule has 0 atom stereocenters. The second-order valence-electron chi connectivity index (χ2n) is 4.73. The molecule has 0 bridgehead atoms. The largest absolute Gasteiger partial charge is 0.481 e. The minimum atomic E-state index is -0.920. The second-order valence-corrected chi connectivity index (χ2v) is 5.13. The van der Waals surface area contributed by atoms with E-state index in [4.69, 9.17) is 16.7 Å². The van der Waals surface area contributed by atoms with Crippen LogP contribution in [0.15, 0.2) is 18.2 Å². The van der Waals surface area contributed by atoms with Gasteiger partial charge in [-0.05, 0) is 31.0 Å². The van der Waals surface area contributed by atoms with E-state index in [-0.39, 0.29) is 18.9 Å². The molecule has 110 valence electrons. The average Bonchev–Trinajstić information content (AvgIpc) is 2.40. The molecule has 0 heterocycles. The van der Waals surface area contributed by atoms with Crippen molar-refractivity contribution in [1.29, 1.82) is 0 Å². The third kappa shape index (κ3) is 4.85. The van der Waals surface area contributed by atoms with Gasteiger partial charge in [0.05, 0.1) is 6.42 Å². The van der Waals surface area contributed by atoms with E-state index in [9.17, 15) is 9.59 Å². The Morgan fingerprint density at radius 3 is 2.55 bits per heavy atom. The zero-order valence-corrected chi connectivity index (χ0v) is 12.6. The van der Waals surface area contributed by atoms with E-state index in [0.29, 0.717) is 17.1 Å². The van der Waals surface area contributed by atoms with Gasteiger partial charge in [0.15, 0.2) is 0 Å². The number of carbonyl (C=O) groups excluding carboxylic acids is 1. The Hall–Kier alpha value is -1.55. The lowest BCUT2D eigenvalue weighted by atomic mass is 10.1. The van der Waals surface area contributed by atoms with Crippen molar-refractivity contribution in [2.24, 2.45) is 0 Å². The number of amides is 1. The highest BCUT2D eigenvalue weighted by Gasteiger charge is 2.17. The number of aliphatic carboxylic acids is 1. The number of halogens is 1. The first-order valence-electron chi connectivity index (χ1n) is 6.74. The number of carbonyl (C=O) groups is 2. The average molecular weight is 298 g/mol. The Morgan fingerprint density at radius 1 is 1.30 bits per heavy atom. The molecule has 0 fully saturated rings. The smallest absolute Gasteiger partial charge is 0.305 e. The van der Waals surface area contributed by atoms with Crippen LogP contribution in [0, 0.1) is 6.92 Å². The molecule has 1 N–H and O–H groups in total. The van der Waals surface area contributed by atoms with Gasteiger partial charge in [-0.3, -0.25) is 9.59 Å². The van der Waals surface area contributed by atoms with E-state index in [0.717, 1.165) is 18.4 Å². The summed E-state index contributed by atoms with van der Waals surface area (Å²) in [7, 11) is 0. The van der Waals surface area contributed by atoms with Crippen LogP contribution in [0.3, 0.4) is 0 Å². The Balaban J connectivity index is 2.92. The van der Waals surface area contributed by atoms with Gasteiger partial charge in [0.1, 0.15) is 0 Å². The summed E-state index contributed by atoms with van der Waals surface area (Å²) in [6.07, 6.45) is 2.06. The van der Waals surface area contributed by atoms with Crippen molar-refractivity contribution in [2.45, 2.75) is 39.5 Å². The molecule has 0 saturated heterocycles. The number of anilines is 1. The van der Waals surface area contributed by atoms with Crippen molar-refractivity contribution in [3.05, 3.63) is 28.8 Å². The van der Waals surface area contributed by atoms with Crippen molar-refractivity contribution in [3.8, 4) is 0 Å². The number of hydrogen-bond donors (Lipinski definition) is 1. The normalized spacial score (nSPS) is 10.3. The number of carboxylic acids is 1. The van der Waals surface area contributed by atoms with Crippen LogP contribution < -0.4 is 4.90 Å². The molecule has 0 aliphatic heterocycles. The Bertz CT molecular complexity index is 488. The lowest BCUT2D eigenvalue weighted by molar-refractivity contribution is -0.136. The van der Waals surface area contributed by atoms with Crippen LogP contribution in [0.5, 0.6) is 0 Å². The summed E-state index contributed by atoms with van der Waals surface area (Å²) in [5.41, 5.74) is 1.58. The van der Waals surface area contributed by atoms with Crippen molar-refractivity contribution < 1.29 is 14.7 Å². The molecule has 0 radical (unpaired) electrons. The summed E-state index contributed by atoms with van der Waals surface area (Å²) < 4.78 is 0. The topological polar surface area (TPSA) is 57.6 Å². The van der Waals surface area contributed by atoms with Crippen LogP contribution >= 0.6 is 11.6 Å². The molecule has 20 heavy (non-hydrogen) atoms. The van der Waals surface area contributed by atoms with Crippen LogP contribution in [-0.2, 0) is 9.59 Å². The van der Waals surface area contributed by atoms with Gasteiger partial charge in [0, 0.05) is 23.7 Å². The molecule has 1 rings (SSSR count). The first kappa shape index (κ1) is 16.5. The Kier molecular flexibility index (Phi) is 6.52. The molecule has 0 aliphatic rings. The fourth-order valence-corrected chi connectivity index (χ4v) is 1.99. The van der Waals surface area contributed by atoms with E-state index in [1.807, 2.05) is 19.9 Å². The number of benzene rings is 1. The van der Waals surface area contributed by atoms with Gasteiger partial charge in [0.2, 0.25) is 5.91 Å². The van der Waals surface area contributed by atoms with E-state index in [2.05, 4.69) is 0 Å². The monoisotopic (exact) mass is 297 g/mol. The molecule has 4 nitrogen and oxygen atoms in total. The fourth-order valence-electron chi connectivity index (χ4n) is 1.82. The number of aryl methyl sites for hydroxylation is 1. The third-order valence-electron chi connectivity index (χ3n) is 3.06. The van der Waals surface area contributed by atoms with E-state index in [1.54, 1.807) is 12.1 Å². The standard InChI is InChI=1S/C15H20ClNO3/c1-3-4-5-14(18)17(9-8-15(19)20)12-7-6-11(2)13(16)10-12/h6-7,10H,3-5,8-9H2,1-2H3,(H,19,20). The van der Waals surface area contributed by atoms with Crippen LogP contribution in [0.4, 0.5) is 5.69 Å². The fraction of sp³-hybridized carbons (Fsp3) is 0.467. The summed E-state index contributed by atoms with van der Waals surface area (Å²) in [5.74, 6) is -0.982. The number of carboxylic acid groups (broad SMARTS) is 1. The first-order valence-corrected chi connectivity index (χ1v) is 7.11. The zero-order valence-electron chi connectivity index (χ0n) is 11.9. The van der Waals surface area contributed by atoms with Gasteiger partial charge < -0.3 is 10.0 Å². The molecular formula is C15H20ClNO3. The van der Waals surface area contributed by atoms with Crippen molar-refractivity contribution in [3.63, 3.8) is 0 Å². The van der Waals surface area contributed by atoms with E-state index >= 15 is 0 Å². The molecule has 1 amide bonds. The second kappa shape index (κ2) is 7.90. The van der Waals surface area contributed by atoms with Crippen molar-refractivity contribution >= 4 is 29.2 Å². The summed E-state index contributed by atoms with van der Waals surface area (Å²) in [6.45, 7) is 4.06. The summed E-state index contributed by atoms with van der Waals surface area (Å²) >= 11 is 6.08. The highest BCUT2D eigenvalue weighted by atomic mass is 35.5. The Morgan fingerprint density at radius 2 is 2.00 bits per heavy atom. The molecule has 0 spiro atoms. The molecular weight excluding hydrogens is 278 g/mol. The van der Waals surface area contributed by atoms with Crippen LogP contribution in [0.2, 0.25) is 5.02 Å². The lowest BCUT2D eigenvalue weighted by Gasteiger charge is -2.22. The zero-order chi connectivity index (χ0) is 15.1. The molecule has 1 aromatic carbocycles. The molecule has 0 aliphatic carbocycles. The minimum absolute atomic E-state index is 0.0620. The quantitative estimate of drug-likeness (QED) is 0.836. The SMILES string of the molecule is CCCCC(=O)N(CCC(=O)O)c1ccc(C)c(Cl)c1. The van der Waals surface area contributed by atoms with E-state index in [1.165, 1.54) is 4.90 Å². The summed E-state index contributed by atoms with van der Waals surface area (Å²) in [6, 6.07) is 5.34. The molecule has 0 unspecified atom stereocenters. The highest BCUT2D eigenvalue weighted by Crippen LogP contribution is 2.24. The predicted octanol–water partition coefficient (Wildman–Crippen LogP) is 3.65. The molecule has 5 heteroatoms. The number of nitrogens with zero attached hydrogens (tertiary/aromatic N) is 1. The van der Waals surface area contributed by atoms with Crippen molar-refractivity contribution in [2.75, 3.05) is 11.4 Å². The maximum absolute atomic E-state index is 12.2. The number of rotatable bonds is 7. The van der Waals surface area contributed by atoms with Gasteiger partial charge in [-0.15, -0.1) is 0 Å². The Labute approximate surface area is 124 Å². The van der Waals surface area contributed by atoms with Crippen LogP contribution in [0.25, 0.3) is 0 Å². The van der Waals surface area contributed by atoms with Crippen LogP contribution in [-0.4, -0.2) is 23.5 Å². The van der Waals surface area contributed by atoms with Crippen molar-refractivity contribution in [1.82, 2.24) is 0 Å². The molecule has 0 saturated carbocycles. The molecule has 0 aromatic heterocycles. The number of unbranched alkanes of at least 4 members (excludes halogenated alkanes) is 1. The summed E-state index contributed by atoms with van der Waals surface area (Å²) in [4.78, 5) is 24.4. The predicted molar refractivity (Wildman–Crippen MR) is 80.3 cm³/mol. The van der Waals surface area contributed by atoms with Gasteiger partial charge in [-0.2, -0.15) is 0 Å². The first-order chi connectivity index (χ1) is 9.45. The summed E-state index contributed by atoms with van der Waals surface area (Å²) in [5, 5.41) is 9.38. The van der Waals surface area contributed by atoms with Crippen LogP contribution in [0.1, 0.15) is 38.2 Å². The van der Waals surface area contributed by atoms with Gasteiger partial charge in [-0.1, -0.05) is 31.0 Å².